The number of urea groups is 1. The Kier molecular flexibility index (Phi) is 24.7. The van der Waals surface area contributed by atoms with Gasteiger partial charge in [0.25, 0.3) is 0 Å². The van der Waals surface area contributed by atoms with Crippen molar-refractivity contribution in [2.75, 3.05) is 71.5 Å². The molecule has 6 rings (SSSR count). The Balaban J connectivity index is 0.959. The second kappa shape index (κ2) is 31.8. The molecule has 87 heavy (non-hydrogen) atoms. The standard InChI is InChI=1S/C59H72F4N10O13S/c1-5-21-72(57(79)41-26-40-15-14-39(28-47(40)68-48(64)29-41)38-9-6-10-43(27-38)87(82,83)73-31-37(32-73)33-74)23-8-22-71(4)59(81)85-34-36-12-16-42(17-13-36)67-55(77)46(11-7-20-66-58(65)80)69-56(78)53(35(2)3)70-49(75)18-24-84-25-19-50(76)86-54-51(62)44(60)30-45(61)52(54)63/h6,9-10,12-17,26-28,30,35,37,46,53,74H,5,7-8,11,18-25,29,31-34H2,1-4H3,(H2,64,68)(H,67,77)(H,69,78)(H,70,75)(H3,65,66,80)/t46-,53-/m0/s1. The lowest BCUT2D eigenvalue weighted by atomic mass is 10.0. The van der Waals surface area contributed by atoms with E-state index >= 15 is 0 Å². The number of anilines is 1. The number of nitrogens with zero attached hydrogens (tertiary/aromatic N) is 4. The van der Waals surface area contributed by atoms with Crippen molar-refractivity contribution in [3.8, 4) is 16.9 Å². The van der Waals surface area contributed by atoms with Crippen LogP contribution in [0.4, 0.5) is 38.5 Å². The molecule has 0 bridgehead atoms. The molecule has 23 nitrogen and oxygen atoms in total. The Labute approximate surface area is 500 Å². The predicted molar refractivity (Wildman–Crippen MR) is 312 cm³/mol. The summed E-state index contributed by atoms with van der Waals surface area (Å²) >= 11 is 0. The number of primary amides is 1. The Morgan fingerprint density at radius 2 is 1.54 bits per heavy atom. The second-order valence-electron chi connectivity index (χ2n) is 21.1. The zero-order valence-corrected chi connectivity index (χ0v) is 49.4. The summed E-state index contributed by atoms with van der Waals surface area (Å²) in [6.07, 6.45) is 1.60. The summed E-state index contributed by atoms with van der Waals surface area (Å²) in [6.45, 7) is 5.91. The number of benzene rings is 4. The van der Waals surface area contributed by atoms with E-state index < -0.39 is 106 Å². The van der Waals surface area contributed by atoms with Crippen molar-refractivity contribution in [1.82, 2.24) is 30.1 Å². The monoisotopic (exact) mass is 1240 g/mol. The van der Waals surface area contributed by atoms with E-state index in [1.807, 2.05) is 19.1 Å². The number of aliphatic hydroxyl groups excluding tert-OH is 1. The molecule has 2 aliphatic rings. The smallest absolute Gasteiger partial charge is 0.409 e. The van der Waals surface area contributed by atoms with E-state index in [-0.39, 0.29) is 100 Å². The highest BCUT2D eigenvalue weighted by molar-refractivity contribution is 7.89. The summed E-state index contributed by atoms with van der Waals surface area (Å²) in [4.78, 5) is 98.6. The molecule has 0 spiro atoms. The van der Waals surface area contributed by atoms with Gasteiger partial charge in [-0.15, -0.1) is 0 Å². The van der Waals surface area contributed by atoms with Gasteiger partial charge < -0.3 is 61.9 Å². The summed E-state index contributed by atoms with van der Waals surface area (Å²) in [5.74, 6) is -12.8. The molecule has 0 aliphatic carbocycles. The molecule has 4 aromatic carbocycles. The van der Waals surface area contributed by atoms with Gasteiger partial charge in [0.2, 0.25) is 51.0 Å². The van der Waals surface area contributed by atoms with Crippen LogP contribution < -0.4 is 37.5 Å². The highest BCUT2D eigenvalue weighted by Gasteiger charge is 2.37. The van der Waals surface area contributed by atoms with Gasteiger partial charge in [0.1, 0.15) is 24.5 Å². The lowest BCUT2D eigenvalue weighted by Crippen LogP contribution is -2.54. The van der Waals surface area contributed by atoms with Crippen LogP contribution in [-0.4, -0.2) is 153 Å². The van der Waals surface area contributed by atoms with E-state index in [4.69, 9.17) is 20.9 Å². The molecule has 28 heteroatoms. The summed E-state index contributed by atoms with van der Waals surface area (Å²) in [5, 5.41) is 19.8. The van der Waals surface area contributed by atoms with Crippen molar-refractivity contribution >= 4 is 75.0 Å². The number of hydrogen-bond donors (Lipinski definition) is 7. The third-order valence-corrected chi connectivity index (χ3v) is 15.8. The van der Waals surface area contributed by atoms with E-state index in [1.54, 1.807) is 80.4 Å². The van der Waals surface area contributed by atoms with E-state index in [0.29, 0.717) is 65.1 Å². The second-order valence-corrected chi connectivity index (χ2v) is 23.0. The van der Waals surface area contributed by atoms with Crippen LogP contribution in [0.25, 0.3) is 17.2 Å². The van der Waals surface area contributed by atoms with Crippen molar-refractivity contribution in [3.05, 3.63) is 113 Å². The van der Waals surface area contributed by atoms with Crippen LogP contribution in [-0.2, 0) is 50.1 Å². The van der Waals surface area contributed by atoms with Gasteiger partial charge in [-0.25, -0.2) is 31.8 Å². The number of sulfonamides is 1. The van der Waals surface area contributed by atoms with Crippen molar-refractivity contribution in [1.29, 1.82) is 0 Å². The first-order chi connectivity index (χ1) is 41.4. The summed E-state index contributed by atoms with van der Waals surface area (Å²) < 4.78 is 97.7. The third kappa shape index (κ3) is 19.3. The number of aliphatic hydroxyl groups is 1. The van der Waals surface area contributed by atoms with Gasteiger partial charge in [-0.1, -0.05) is 57.2 Å². The van der Waals surface area contributed by atoms with Gasteiger partial charge in [-0.2, -0.15) is 13.1 Å². The Morgan fingerprint density at radius 3 is 2.21 bits per heavy atom. The molecule has 4 aromatic rings. The lowest BCUT2D eigenvalue weighted by molar-refractivity contribution is -0.136. The fourth-order valence-electron chi connectivity index (χ4n) is 9.13. The number of esters is 1. The minimum atomic E-state index is -3.75. The highest BCUT2D eigenvalue weighted by Crippen LogP contribution is 2.34. The average Bonchev–Trinajstić information content (AvgIpc) is 1.34. The number of rotatable bonds is 30. The molecule has 0 unspecified atom stereocenters. The highest BCUT2D eigenvalue weighted by atomic mass is 32.2. The third-order valence-electron chi connectivity index (χ3n) is 13.9. The van der Waals surface area contributed by atoms with Crippen LogP contribution in [0.2, 0.25) is 0 Å². The van der Waals surface area contributed by atoms with Gasteiger partial charge in [0.05, 0.1) is 30.2 Å². The average molecular weight is 1240 g/mol. The first-order valence-electron chi connectivity index (χ1n) is 28.1. The Morgan fingerprint density at radius 1 is 0.851 bits per heavy atom. The minimum Gasteiger partial charge on any atom is -0.445 e. The number of ether oxygens (including phenoxy) is 3. The number of hydrogen-bond acceptors (Lipinski definition) is 15. The zero-order chi connectivity index (χ0) is 63.5. The molecule has 0 radical (unpaired) electrons. The number of carbonyl (C=O) groups is 7. The molecule has 2 atom stereocenters. The van der Waals surface area contributed by atoms with Gasteiger partial charge in [-0.3, -0.25) is 24.0 Å². The summed E-state index contributed by atoms with van der Waals surface area (Å²) in [7, 11) is -2.18. The first-order valence-corrected chi connectivity index (χ1v) is 29.5. The number of amidine groups is 1. The Hall–Kier alpha value is -8.47. The predicted octanol–water partition coefficient (Wildman–Crippen LogP) is 5.61. The topological polar surface area (TPSA) is 324 Å². The maximum absolute atomic E-state index is 14.1. The van der Waals surface area contributed by atoms with Gasteiger partial charge in [0, 0.05) is 94.6 Å². The zero-order valence-electron chi connectivity index (χ0n) is 48.5. The van der Waals surface area contributed by atoms with Crippen LogP contribution in [0.1, 0.15) is 76.8 Å². The molecule has 0 aromatic heterocycles. The number of nitrogens with one attached hydrogen (secondary N) is 4. The van der Waals surface area contributed by atoms with Crippen molar-refractivity contribution < 1.29 is 78.9 Å². The van der Waals surface area contributed by atoms with Crippen molar-refractivity contribution in [2.24, 2.45) is 28.3 Å². The molecule has 470 valence electrons. The Bertz CT molecular complexity index is 3300. The number of nitrogens with two attached hydrogens (primary N) is 2. The molecule has 1 fully saturated rings. The van der Waals surface area contributed by atoms with Gasteiger partial charge in [-0.05, 0) is 84.7 Å². The van der Waals surface area contributed by atoms with E-state index in [1.165, 1.54) is 15.3 Å². The number of amides is 7. The SMILES string of the molecule is CCCN(CCCN(C)C(=O)OCc1ccc(NC(=O)[C@H](CCCNC(N)=O)NC(=O)[C@@H](NC(=O)CCOCCC(=O)Oc2c(F)c(F)cc(F)c2F)C(C)C)cc1)C(=O)C1=Cc2ccc(-c3cccc(S(=O)(=O)N4CC(CO)C4)c3)cc2N=C(N)C1. The van der Waals surface area contributed by atoms with E-state index in [0.717, 1.165) is 0 Å². The maximum Gasteiger partial charge on any atom is 0.409 e. The molecule has 9 N–H and O–H groups in total. The maximum atomic E-state index is 14.1. The van der Waals surface area contributed by atoms with Crippen LogP contribution >= 0.6 is 0 Å². The van der Waals surface area contributed by atoms with Crippen LogP contribution in [0.15, 0.2) is 88.3 Å². The fourth-order valence-corrected chi connectivity index (χ4v) is 10.8. The summed E-state index contributed by atoms with van der Waals surface area (Å²) in [5.41, 5.74) is 15.4. The summed E-state index contributed by atoms with van der Waals surface area (Å²) in [6, 6.07) is 15.2. The molecule has 2 heterocycles. The number of carbonyl (C=O) groups excluding carboxylic acids is 7. The number of halogens is 4. The molecule has 2 aliphatic heterocycles. The molecule has 7 amide bonds. The van der Waals surface area contributed by atoms with Crippen LogP contribution in [0, 0.1) is 35.1 Å². The quantitative estimate of drug-likeness (QED) is 0.0110. The lowest BCUT2D eigenvalue weighted by Gasteiger charge is -2.36. The van der Waals surface area contributed by atoms with Gasteiger partial charge in [0.15, 0.2) is 11.6 Å². The van der Waals surface area contributed by atoms with Crippen molar-refractivity contribution in [2.45, 2.75) is 89.3 Å². The molecule has 1 saturated heterocycles. The fraction of sp³-hybridized carbons (Fsp3) is 0.424. The van der Waals surface area contributed by atoms with Crippen molar-refractivity contribution in [3.63, 3.8) is 0 Å². The van der Waals surface area contributed by atoms with Gasteiger partial charge >= 0.3 is 18.1 Å². The van der Waals surface area contributed by atoms with E-state index in [9.17, 15) is 64.6 Å². The normalized spacial score (nSPS) is 14.0. The number of fused-ring (bicyclic) bond motifs is 1. The molecular weight excluding hydrogens is 1160 g/mol. The first kappa shape index (κ1) is 67.7. The number of aliphatic imine (C=N–C) groups is 1. The largest absolute Gasteiger partial charge is 0.445 e. The minimum absolute atomic E-state index is 0.0270. The van der Waals surface area contributed by atoms with Crippen LogP contribution in [0.5, 0.6) is 5.75 Å². The molecule has 0 saturated carbocycles. The van der Waals surface area contributed by atoms with Crippen LogP contribution in [0.3, 0.4) is 0 Å². The van der Waals surface area contributed by atoms with E-state index in [2.05, 4.69) is 31.0 Å². The molecular formula is C59H72F4N10O13S.